The molecule has 2 fully saturated rings. The lowest BCUT2D eigenvalue weighted by atomic mass is 10.0. The van der Waals surface area contributed by atoms with Gasteiger partial charge in [-0.2, -0.15) is 18.3 Å². The second-order valence-electron chi connectivity index (χ2n) is 8.62. The van der Waals surface area contributed by atoms with Gasteiger partial charge in [-0.3, -0.25) is 4.79 Å². The smallest absolute Gasteiger partial charge is 0.349 e. The zero-order valence-corrected chi connectivity index (χ0v) is 17.8. The highest BCUT2D eigenvalue weighted by molar-refractivity contribution is 5.95. The molecule has 5 nitrogen and oxygen atoms in total. The molecule has 2 aromatic rings. The lowest BCUT2D eigenvalue weighted by Gasteiger charge is -2.32. The summed E-state index contributed by atoms with van der Waals surface area (Å²) in [5, 5.41) is 7.45. The minimum absolute atomic E-state index is 0.120. The largest absolute Gasteiger partial charge is 0.416 e. The van der Waals surface area contributed by atoms with Gasteiger partial charge in [-0.1, -0.05) is 19.4 Å². The number of nitrogens with one attached hydrogen (secondary N) is 1. The number of carbonyl (C=O) groups excluding carboxylic acids is 1. The summed E-state index contributed by atoms with van der Waals surface area (Å²) < 4.78 is 41.0. The highest BCUT2D eigenvalue weighted by Crippen LogP contribution is 2.43. The second kappa shape index (κ2) is 9.02. The zero-order valence-electron chi connectivity index (χ0n) is 17.8. The third-order valence-corrected chi connectivity index (χ3v) is 6.18. The summed E-state index contributed by atoms with van der Waals surface area (Å²) in [6.07, 6.45) is 3.11. The summed E-state index contributed by atoms with van der Waals surface area (Å²) in [7, 11) is 0. The van der Waals surface area contributed by atoms with Crippen molar-refractivity contribution in [2.75, 3.05) is 19.6 Å². The summed E-state index contributed by atoms with van der Waals surface area (Å²) in [4.78, 5) is 15.5. The summed E-state index contributed by atoms with van der Waals surface area (Å²) in [6, 6.07) is 5.23. The van der Waals surface area contributed by atoms with Crippen LogP contribution < -0.4 is 5.32 Å². The standard InChI is InChI=1S/C23H29F3N4O/c1-2-3-11-29-12-9-18(10-13-29)28-22(31)20-15-27-30(21(20)16-7-8-16)19-6-4-5-17(14-19)23(24,25)26/h4-6,14-16,18H,2-3,7-13H2,1H3,(H,28,31). The molecule has 1 saturated heterocycles. The quantitative estimate of drug-likeness (QED) is 0.684. The van der Waals surface area contributed by atoms with Gasteiger partial charge in [-0.05, 0) is 56.8 Å². The molecule has 31 heavy (non-hydrogen) atoms. The second-order valence-corrected chi connectivity index (χ2v) is 8.62. The molecule has 0 atom stereocenters. The number of benzene rings is 1. The molecular formula is C23H29F3N4O. The van der Waals surface area contributed by atoms with Crippen LogP contribution in [0.3, 0.4) is 0 Å². The first-order valence-corrected chi connectivity index (χ1v) is 11.2. The van der Waals surface area contributed by atoms with Gasteiger partial charge in [0.15, 0.2) is 0 Å². The molecule has 1 amide bonds. The first-order valence-electron chi connectivity index (χ1n) is 11.2. The van der Waals surface area contributed by atoms with Crippen molar-refractivity contribution >= 4 is 5.91 Å². The van der Waals surface area contributed by atoms with Crippen molar-refractivity contribution in [3.05, 3.63) is 47.3 Å². The van der Waals surface area contributed by atoms with E-state index in [1.165, 1.54) is 29.8 Å². The van der Waals surface area contributed by atoms with Crippen molar-refractivity contribution in [1.29, 1.82) is 0 Å². The monoisotopic (exact) mass is 434 g/mol. The lowest BCUT2D eigenvalue weighted by molar-refractivity contribution is -0.137. The SMILES string of the molecule is CCCCN1CCC(NC(=O)c2cnn(-c3cccc(C(F)(F)F)c3)c2C2CC2)CC1. The van der Waals surface area contributed by atoms with Crippen LogP contribution in [0.25, 0.3) is 5.69 Å². The predicted molar refractivity (Wildman–Crippen MR) is 112 cm³/mol. The van der Waals surface area contributed by atoms with Crippen molar-refractivity contribution in [1.82, 2.24) is 20.0 Å². The number of hydrogen-bond donors (Lipinski definition) is 1. The van der Waals surface area contributed by atoms with E-state index < -0.39 is 11.7 Å². The van der Waals surface area contributed by atoms with Gasteiger partial charge in [0.2, 0.25) is 0 Å². The highest BCUT2D eigenvalue weighted by atomic mass is 19.4. The van der Waals surface area contributed by atoms with Crippen LogP contribution in [0.1, 0.15) is 73.0 Å². The minimum Gasteiger partial charge on any atom is -0.349 e. The molecule has 0 radical (unpaired) electrons. The first-order chi connectivity index (χ1) is 14.9. The van der Waals surface area contributed by atoms with Gasteiger partial charge >= 0.3 is 6.18 Å². The Morgan fingerprint density at radius 1 is 1.19 bits per heavy atom. The molecule has 0 unspecified atom stereocenters. The van der Waals surface area contributed by atoms with Crippen molar-refractivity contribution in [3.8, 4) is 5.69 Å². The van der Waals surface area contributed by atoms with Gasteiger partial charge in [0.1, 0.15) is 0 Å². The number of hydrogen-bond acceptors (Lipinski definition) is 3. The average molecular weight is 435 g/mol. The summed E-state index contributed by atoms with van der Waals surface area (Å²) in [6.45, 7) is 5.24. The van der Waals surface area contributed by atoms with E-state index in [0.29, 0.717) is 11.3 Å². The number of rotatable bonds is 7. The fourth-order valence-corrected chi connectivity index (χ4v) is 4.25. The normalized spacial score (nSPS) is 18.3. The number of amides is 1. The van der Waals surface area contributed by atoms with Crippen LogP contribution in [-0.2, 0) is 6.18 Å². The maximum absolute atomic E-state index is 13.1. The van der Waals surface area contributed by atoms with Crippen molar-refractivity contribution in [2.24, 2.45) is 0 Å². The van der Waals surface area contributed by atoms with E-state index in [0.717, 1.165) is 63.1 Å². The predicted octanol–water partition coefficient (Wildman–Crippen LogP) is 4.76. The van der Waals surface area contributed by atoms with Crippen molar-refractivity contribution in [2.45, 2.75) is 63.6 Å². The number of unbranched alkanes of at least 4 members (excludes halogenated alkanes) is 1. The van der Waals surface area contributed by atoms with Gasteiger partial charge in [-0.15, -0.1) is 0 Å². The van der Waals surface area contributed by atoms with Crippen LogP contribution in [0.5, 0.6) is 0 Å². The van der Waals surface area contributed by atoms with E-state index in [1.54, 1.807) is 6.07 Å². The van der Waals surface area contributed by atoms with Crippen LogP contribution in [-0.4, -0.2) is 46.3 Å². The molecule has 8 heteroatoms. The van der Waals surface area contributed by atoms with E-state index in [1.807, 2.05) is 0 Å². The average Bonchev–Trinajstić information content (AvgIpc) is 3.50. The summed E-state index contributed by atoms with van der Waals surface area (Å²) >= 11 is 0. The third kappa shape index (κ3) is 5.11. The Labute approximate surface area is 180 Å². The van der Waals surface area contributed by atoms with Gasteiger partial charge in [0.25, 0.3) is 5.91 Å². The van der Waals surface area contributed by atoms with Gasteiger partial charge < -0.3 is 10.2 Å². The Hall–Kier alpha value is -2.35. The minimum atomic E-state index is -4.42. The van der Waals surface area contributed by atoms with E-state index >= 15 is 0 Å². The molecule has 2 heterocycles. The van der Waals surface area contributed by atoms with E-state index in [2.05, 4.69) is 22.2 Å². The molecule has 1 aromatic heterocycles. The van der Waals surface area contributed by atoms with Crippen LogP contribution in [0, 0.1) is 0 Å². The molecule has 1 aliphatic heterocycles. The third-order valence-electron chi connectivity index (χ3n) is 6.18. The fourth-order valence-electron chi connectivity index (χ4n) is 4.25. The molecule has 1 saturated carbocycles. The van der Waals surface area contributed by atoms with Crippen molar-refractivity contribution < 1.29 is 18.0 Å². The fraction of sp³-hybridized carbons (Fsp3) is 0.565. The number of alkyl halides is 3. The zero-order chi connectivity index (χ0) is 22.0. The summed E-state index contributed by atoms with van der Waals surface area (Å²) in [5.74, 6) is -0.0131. The number of likely N-dealkylation sites (tertiary alicyclic amines) is 1. The van der Waals surface area contributed by atoms with Crippen LogP contribution in [0.2, 0.25) is 0 Å². The summed E-state index contributed by atoms with van der Waals surface area (Å²) in [5.41, 5.74) is 0.814. The van der Waals surface area contributed by atoms with Crippen LogP contribution >= 0.6 is 0 Å². The number of nitrogens with zero attached hydrogens (tertiary/aromatic N) is 3. The highest BCUT2D eigenvalue weighted by Gasteiger charge is 2.35. The molecule has 0 spiro atoms. The Morgan fingerprint density at radius 2 is 1.94 bits per heavy atom. The molecule has 0 bridgehead atoms. The Balaban J connectivity index is 1.49. The molecule has 1 aromatic carbocycles. The number of piperidine rings is 1. The Morgan fingerprint density at radius 3 is 2.58 bits per heavy atom. The first kappa shape index (κ1) is 21.9. The van der Waals surface area contributed by atoms with E-state index in [9.17, 15) is 18.0 Å². The Kier molecular flexibility index (Phi) is 6.36. The van der Waals surface area contributed by atoms with Gasteiger partial charge in [0.05, 0.1) is 28.7 Å². The maximum atomic E-state index is 13.1. The molecule has 168 valence electrons. The van der Waals surface area contributed by atoms with E-state index in [4.69, 9.17) is 0 Å². The van der Waals surface area contributed by atoms with Crippen LogP contribution in [0.15, 0.2) is 30.5 Å². The number of carbonyl (C=O) groups is 1. The topological polar surface area (TPSA) is 50.2 Å². The molecule has 4 rings (SSSR count). The number of halogens is 3. The molecule has 1 aliphatic carbocycles. The lowest BCUT2D eigenvalue weighted by Crippen LogP contribution is -2.45. The Bertz CT molecular complexity index is 912. The van der Waals surface area contributed by atoms with Gasteiger partial charge in [-0.25, -0.2) is 4.68 Å². The molecular weight excluding hydrogens is 405 g/mol. The maximum Gasteiger partial charge on any atom is 0.416 e. The number of aromatic nitrogens is 2. The van der Waals surface area contributed by atoms with E-state index in [-0.39, 0.29) is 17.9 Å². The molecule has 1 N–H and O–H groups in total. The molecule has 2 aliphatic rings. The van der Waals surface area contributed by atoms with Crippen LogP contribution in [0.4, 0.5) is 13.2 Å². The van der Waals surface area contributed by atoms with Gasteiger partial charge in [0, 0.05) is 25.0 Å². The van der Waals surface area contributed by atoms with Crippen molar-refractivity contribution in [3.63, 3.8) is 0 Å².